The molecule has 10 heteroatoms. The van der Waals surface area contributed by atoms with Gasteiger partial charge in [0, 0.05) is 26.6 Å². The van der Waals surface area contributed by atoms with Gasteiger partial charge in [-0.3, -0.25) is 4.79 Å². The van der Waals surface area contributed by atoms with E-state index >= 15 is 0 Å². The van der Waals surface area contributed by atoms with Gasteiger partial charge < -0.3 is 19.2 Å². The third kappa shape index (κ3) is 4.37. The van der Waals surface area contributed by atoms with Gasteiger partial charge in [-0.1, -0.05) is 11.6 Å². The Morgan fingerprint density at radius 2 is 2.04 bits per heavy atom. The summed E-state index contributed by atoms with van der Waals surface area (Å²) in [5.41, 5.74) is -0.448. The van der Waals surface area contributed by atoms with Gasteiger partial charge in [0.1, 0.15) is 0 Å². The lowest BCUT2D eigenvalue weighted by Crippen LogP contribution is -2.35. The van der Waals surface area contributed by atoms with Crippen LogP contribution in [0, 0.1) is 0 Å². The van der Waals surface area contributed by atoms with Crippen LogP contribution in [0.15, 0.2) is 18.5 Å². The molecule has 2 aromatic heterocycles. The molecular weight excluding hydrogens is 351 g/mol. The summed E-state index contributed by atoms with van der Waals surface area (Å²) in [7, 11) is 2.87. The van der Waals surface area contributed by atoms with Crippen LogP contribution in [0.2, 0.25) is 5.02 Å². The van der Waals surface area contributed by atoms with Gasteiger partial charge in [0.2, 0.25) is 5.91 Å². The molecule has 0 aliphatic rings. The van der Waals surface area contributed by atoms with E-state index in [2.05, 4.69) is 10.3 Å². The lowest BCUT2D eigenvalue weighted by atomic mass is 10.3. The minimum absolute atomic E-state index is 0.112. The standard InChI is InChI=1S/C14H15ClF3N3O3/c1-23-12(24-2)5-19-11(22)4-9-7-21-6-8(14(16,17)18)3-10(15)13(21)20-9/h3,6-7,12H,4-5H2,1-2H3,(H,19,22). The minimum Gasteiger partial charge on any atom is -0.354 e. The summed E-state index contributed by atoms with van der Waals surface area (Å²) in [6, 6.07) is 0.801. The Labute approximate surface area is 140 Å². The number of carbonyl (C=O) groups excluding carboxylic acids is 1. The van der Waals surface area contributed by atoms with Crippen LogP contribution >= 0.6 is 11.6 Å². The second kappa shape index (κ2) is 7.37. The first-order chi connectivity index (χ1) is 11.2. The number of aromatic nitrogens is 2. The van der Waals surface area contributed by atoms with Gasteiger partial charge in [0.25, 0.3) is 0 Å². The number of nitrogens with zero attached hydrogens (tertiary/aromatic N) is 2. The largest absolute Gasteiger partial charge is 0.417 e. The average molecular weight is 366 g/mol. The molecule has 0 aliphatic carbocycles. The zero-order valence-corrected chi connectivity index (χ0v) is 13.6. The van der Waals surface area contributed by atoms with Crippen LogP contribution in [0.5, 0.6) is 0 Å². The highest BCUT2D eigenvalue weighted by Gasteiger charge is 2.32. The lowest BCUT2D eigenvalue weighted by molar-refractivity contribution is -0.137. The summed E-state index contributed by atoms with van der Waals surface area (Å²) in [4.78, 5) is 15.9. The smallest absolute Gasteiger partial charge is 0.354 e. The number of hydrogen-bond donors (Lipinski definition) is 1. The van der Waals surface area contributed by atoms with Crippen molar-refractivity contribution < 1.29 is 27.4 Å². The van der Waals surface area contributed by atoms with Crippen molar-refractivity contribution in [1.29, 1.82) is 0 Å². The van der Waals surface area contributed by atoms with E-state index in [0.29, 0.717) is 5.69 Å². The van der Waals surface area contributed by atoms with Gasteiger partial charge in [-0.25, -0.2) is 4.98 Å². The third-order valence-corrected chi connectivity index (χ3v) is 3.50. The summed E-state index contributed by atoms with van der Waals surface area (Å²) in [5, 5.41) is 2.43. The highest BCUT2D eigenvalue weighted by atomic mass is 35.5. The summed E-state index contributed by atoms with van der Waals surface area (Å²) in [5.74, 6) is -0.371. The second-order valence-corrected chi connectivity index (χ2v) is 5.33. The van der Waals surface area contributed by atoms with E-state index in [0.717, 1.165) is 16.7 Å². The van der Waals surface area contributed by atoms with Gasteiger partial charge in [-0.15, -0.1) is 0 Å². The third-order valence-electron chi connectivity index (χ3n) is 3.22. The van der Waals surface area contributed by atoms with E-state index in [9.17, 15) is 18.0 Å². The molecule has 1 N–H and O–H groups in total. The first kappa shape index (κ1) is 18.5. The molecule has 132 valence electrons. The Bertz CT molecular complexity index is 729. The van der Waals surface area contributed by atoms with Crippen LogP contribution in [0.25, 0.3) is 5.65 Å². The molecule has 0 bridgehead atoms. The molecule has 0 aromatic carbocycles. The van der Waals surface area contributed by atoms with E-state index < -0.39 is 18.0 Å². The summed E-state index contributed by atoms with van der Waals surface area (Å²) in [6.07, 6.45) is -3.00. The highest BCUT2D eigenvalue weighted by molar-refractivity contribution is 6.33. The molecule has 0 aliphatic heterocycles. The van der Waals surface area contributed by atoms with Crippen LogP contribution in [-0.2, 0) is 26.9 Å². The van der Waals surface area contributed by atoms with Crippen molar-refractivity contribution in [3.05, 3.63) is 34.7 Å². The van der Waals surface area contributed by atoms with Crippen molar-refractivity contribution in [1.82, 2.24) is 14.7 Å². The number of nitrogens with one attached hydrogen (secondary N) is 1. The van der Waals surface area contributed by atoms with Crippen molar-refractivity contribution >= 4 is 23.2 Å². The minimum atomic E-state index is -4.52. The van der Waals surface area contributed by atoms with Crippen molar-refractivity contribution in [3.63, 3.8) is 0 Å². The number of amides is 1. The Kier molecular flexibility index (Phi) is 5.68. The van der Waals surface area contributed by atoms with Crippen molar-refractivity contribution in [2.24, 2.45) is 0 Å². The number of alkyl halides is 3. The molecule has 0 atom stereocenters. The number of carbonyl (C=O) groups is 1. The summed E-state index contributed by atoms with van der Waals surface area (Å²) < 4.78 is 49.3. The molecule has 0 spiro atoms. The summed E-state index contributed by atoms with van der Waals surface area (Å²) >= 11 is 5.84. The van der Waals surface area contributed by atoms with Crippen LogP contribution in [0.1, 0.15) is 11.3 Å². The SMILES string of the molecule is COC(CNC(=O)Cc1cn2cc(C(F)(F)F)cc(Cl)c2n1)OC. The molecule has 0 radical (unpaired) electrons. The quantitative estimate of drug-likeness (QED) is 0.798. The second-order valence-electron chi connectivity index (χ2n) is 4.92. The van der Waals surface area contributed by atoms with Crippen LogP contribution in [-0.4, -0.2) is 42.3 Å². The monoisotopic (exact) mass is 365 g/mol. The Balaban J connectivity index is 2.13. The number of ether oxygens (including phenoxy) is 2. The number of halogens is 4. The first-order valence-electron chi connectivity index (χ1n) is 6.81. The lowest BCUT2D eigenvalue weighted by Gasteiger charge is -2.13. The fourth-order valence-corrected chi connectivity index (χ4v) is 2.29. The zero-order valence-electron chi connectivity index (χ0n) is 12.9. The number of imidazole rings is 1. The van der Waals surface area contributed by atoms with Gasteiger partial charge in [-0.05, 0) is 6.07 Å². The zero-order chi connectivity index (χ0) is 17.9. The number of methoxy groups -OCH3 is 2. The maximum Gasteiger partial charge on any atom is 0.417 e. The topological polar surface area (TPSA) is 64.9 Å². The normalized spacial score (nSPS) is 12.1. The number of fused-ring (bicyclic) bond motifs is 1. The van der Waals surface area contributed by atoms with Gasteiger partial charge in [0.05, 0.1) is 29.2 Å². The Morgan fingerprint density at radius 1 is 1.38 bits per heavy atom. The summed E-state index contributed by atoms with van der Waals surface area (Å²) in [6.45, 7) is 0.137. The number of hydrogen-bond acceptors (Lipinski definition) is 4. The Hall–Kier alpha value is -1.84. The molecule has 2 rings (SSSR count). The molecule has 1 amide bonds. The molecule has 0 saturated heterocycles. The predicted molar refractivity (Wildman–Crippen MR) is 79.7 cm³/mol. The molecule has 0 fully saturated rings. The fraction of sp³-hybridized carbons (Fsp3) is 0.429. The van der Waals surface area contributed by atoms with Crippen LogP contribution < -0.4 is 5.32 Å². The molecule has 2 aromatic rings. The van der Waals surface area contributed by atoms with Crippen molar-refractivity contribution in [2.75, 3.05) is 20.8 Å². The molecule has 6 nitrogen and oxygen atoms in total. The Morgan fingerprint density at radius 3 is 2.62 bits per heavy atom. The van der Waals surface area contributed by atoms with Gasteiger partial charge in [0.15, 0.2) is 11.9 Å². The van der Waals surface area contributed by atoms with E-state index in [4.69, 9.17) is 21.1 Å². The fourth-order valence-electron chi connectivity index (χ4n) is 2.03. The van der Waals surface area contributed by atoms with Gasteiger partial charge >= 0.3 is 6.18 Å². The molecule has 2 heterocycles. The van der Waals surface area contributed by atoms with Crippen molar-refractivity contribution in [3.8, 4) is 0 Å². The van der Waals surface area contributed by atoms with E-state index in [1.165, 1.54) is 20.4 Å². The molecule has 24 heavy (non-hydrogen) atoms. The predicted octanol–water partition coefficient (Wildman–Crippen LogP) is 2.28. The average Bonchev–Trinajstić information content (AvgIpc) is 2.90. The van der Waals surface area contributed by atoms with E-state index in [1.54, 1.807) is 0 Å². The van der Waals surface area contributed by atoms with E-state index in [1.807, 2.05) is 0 Å². The van der Waals surface area contributed by atoms with Crippen LogP contribution in [0.4, 0.5) is 13.2 Å². The first-order valence-corrected chi connectivity index (χ1v) is 7.19. The maximum absolute atomic E-state index is 12.8. The van der Waals surface area contributed by atoms with E-state index in [-0.39, 0.29) is 29.5 Å². The molecule has 0 saturated carbocycles. The molecular formula is C14H15ClF3N3O3. The van der Waals surface area contributed by atoms with Crippen LogP contribution in [0.3, 0.4) is 0 Å². The number of rotatable bonds is 6. The number of pyridine rings is 1. The van der Waals surface area contributed by atoms with Crippen molar-refractivity contribution in [2.45, 2.75) is 18.9 Å². The maximum atomic E-state index is 12.8. The molecule has 0 unspecified atom stereocenters. The van der Waals surface area contributed by atoms with Gasteiger partial charge in [-0.2, -0.15) is 13.2 Å². The highest BCUT2D eigenvalue weighted by Crippen LogP contribution is 2.32.